The third kappa shape index (κ3) is 13.5. The molecule has 6 unspecified atom stereocenters. The molecule has 24 heteroatoms. The molecule has 0 amide bonds. The second-order valence-electron chi connectivity index (χ2n) is 22.2. The summed E-state index contributed by atoms with van der Waals surface area (Å²) in [6, 6.07) is 5.36. The fourth-order valence-corrected chi connectivity index (χ4v) is 12.2. The zero-order chi connectivity index (χ0) is 51.8. The predicted octanol–water partition coefficient (Wildman–Crippen LogP) is 3.99. The average Bonchev–Trinajstić information content (AvgIpc) is 3.21. The van der Waals surface area contributed by atoms with Gasteiger partial charge in [0.15, 0.2) is 6.10 Å². The largest absolute Gasteiger partial charge is 0.498 e. The molecule has 5 rings (SSSR count). The Hall–Kier alpha value is -7.17. The molecule has 3 aliphatic rings. The molecule has 372 valence electrons. The van der Waals surface area contributed by atoms with E-state index < -0.39 is 70.4 Å². The molecule has 2 heterocycles. The lowest BCUT2D eigenvalue weighted by Crippen LogP contribution is -2.59. The van der Waals surface area contributed by atoms with Crippen molar-refractivity contribution in [2.45, 2.75) is 166 Å². The van der Waals surface area contributed by atoms with Gasteiger partial charge < -0.3 is 10.4 Å². The Morgan fingerprint density at radius 1 is 0.507 bits per heavy atom. The molecule has 6 atom stereocenters. The number of hydrogen-bond donors (Lipinski definition) is 0. The van der Waals surface area contributed by atoms with Crippen molar-refractivity contribution >= 4 is 18.2 Å². The second kappa shape index (κ2) is 21.4. The lowest BCUT2D eigenvalue weighted by atomic mass is 9.61. The lowest BCUT2D eigenvalue weighted by Gasteiger charge is -2.45. The Balaban J connectivity index is 0.000000413. The van der Waals surface area contributed by atoms with Crippen LogP contribution in [-0.4, -0.2) is 51.7 Å². The highest BCUT2D eigenvalue weighted by Crippen LogP contribution is 2.51. The van der Waals surface area contributed by atoms with E-state index in [-0.39, 0.29) is 53.8 Å². The molecule has 0 spiro atoms. The van der Waals surface area contributed by atoms with Gasteiger partial charge in [0.1, 0.15) is 20.0 Å². The van der Waals surface area contributed by atoms with E-state index >= 15 is 0 Å². The van der Waals surface area contributed by atoms with Crippen LogP contribution in [0.25, 0.3) is 15.0 Å². The molecular formula is C45H60N12O12. The van der Waals surface area contributed by atoms with Crippen LogP contribution in [0.1, 0.15) is 120 Å². The highest BCUT2D eigenvalue weighted by Gasteiger charge is 2.47. The highest BCUT2D eigenvalue weighted by atomic mass is 16.6. The molecule has 2 aromatic heterocycles. The fraction of sp³-hybridized carbons (Fsp3) is 0.733. The first-order chi connectivity index (χ1) is 32.1. The monoisotopic (exact) mass is 960 g/mol. The Kier molecular flexibility index (Phi) is 16.9. The summed E-state index contributed by atoms with van der Waals surface area (Å²) in [7, 11) is 0. The first-order valence-corrected chi connectivity index (χ1v) is 22.3. The average molecular weight is 961 g/mol. The highest BCUT2D eigenvalue weighted by molar-refractivity contribution is 5.33. The zero-order valence-corrected chi connectivity index (χ0v) is 40.6. The molecule has 2 aromatic rings. The van der Waals surface area contributed by atoms with Gasteiger partial charge >= 0.3 is 46.3 Å². The summed E-state index contributed by atoms with van der Waals surface area (Å²) >= 11 is 0. The van der Waals surface area contributed by atoms with Crippen LogP contribution >= 0.6 is 0 Å². The first-order valence-electron chi connectivity index (χ1n) is 22.3. The van der Waals surface area contributed by atoms with Crippen molar-refractivity contribution in [3.8, 4) is 12.1 Å². The van der Waals surface area contributed by atoms with E-state index in [1.807, 2.05) is 20.8 Å². The molecule has 0 saturated heterocycles. The van der Waals surface area contributed by atoms with Crippen molar-refractivity contribution < 1.29 is 19.2 Å². The van der Waals surface area contributed by atoms with E-state index in [2.05, 4.69) is 83.7 Å². The van der Waals surface area contributed by atoms with Gasteiger partial charge in [-0.2, -0.15) is 26.4 Å². The third-order valence-corrected chi connectivity index (χ3v) is 13.2. The molecule has 3 saturated carbocycles. The third-order valence-electron chi connectivity index (χ3n) is 13.2. The second-order valence-corrected chi connectivity index (χ2v) is 22.2. The van der Waals surface area contributed by atoms with Crippen molar-refractivity contribution in [2.24, 2.45) is 59.3 Å². The van der Waals surface area contributed by atoms with Crippen LogP contribution in [0.4, 0.5) is 0 Å². The number of aliphatic imine (C=N–C) groups is 3. The van der Waals surface area contributed by atoms with E-state index in [0.29, 0.717) is 71.5 Å². The molecule has 0 N–H and O–H groups in total. The molecule has 69 heavy (non-hydrogen) atoms. The molecule has 0 bridgehead atoms. The fourth-order valence-electron chi connectivity index (χ4n) is 12.2. The normalized spacial score (nSPS) is 26.2. The van der Waals surface area contributed by atoms with Gasteiger partial charge in [-0.05, 0) is 95.3 Å². The minimum atomic E-state index is -1.14. The number of carbonyl (C=O) groups excluding carboxylic acids is 3. The zero-order valence-electron chi connectivity index (χ0n) is 40.6. The van der Waals surface area contributed by atoms with Gasteiger partial charge in [-0.15, -0.1) is 0 Å². The predicted molar refractivity (Wildman–Crippen MR) is 250 cm³/mol. The topological polar surface area (TPSA) is 289 Å². The quantitative estimate of drug-likeness (QED) is 0.119. The minimum Gasteiger partial charge on any atom is -0.498 e. The molecule has 3 aliphatic carbocycles. The SMILES string of the molecule is O=C=NCn1c(=O)n(CN=C=O)c(=O)n(CN=C=O)c1=O.[C-]#[N+]OC1CC(C)(C)CC(C)(Cn2c(=O)n(CC3(C)CC(C#[N+][O-])CC(C)(C)C3)c(=O)n(CC3(C)CC(C#[N+][O-])CC(C)(C)C3)c2=O)C1. The Bertz CT molecular complexity index is 2740. The molecule has 0 aromatic carbocycles. The van der Waals surface area contributed by atoms with E-state index in [1.54, 1.807) is 0 Å². The van der Waals surface area contributed by atoms with Gasteiger partial charge in [-0.25, -0.2) is 70.6 Å². The van der Waals surface area contributed by atoms with Gasteiger partial charge in [-0.3, -0.25) is 0 Å². The number of rotatable bonds is 13. The summed E-state index contributed by atoms with van der Waals surface area (Å²) in [5.41, 5.74) is -7.67. The Morgan fingerprint density at radius 2 is 0.797 bits per heavy atom. The summed E-state index contributed by atoms with van der Waals surface area (Å²) in [6.45, 7) is 24.0. The van der Waals surface area contributed by atoms with E-state index in [4.69, 9.17) is 11.4 Å². The van der Waals surface area contributed by atoms with Gasteiger partial charge in [0, 0.05) is 29.7 Å². The molecule has 24 nitrogen and oxygen atoms in total. The van der Waals surface area contributed by atoms with Gasteiger partial charge in [0.05, 0.1) is 11.8 Å². The molecule has 3 fully saturated rings. The summed E-state index contributed by atoms with van der Waals surface area (Å²) in [4.78, 5) is 124. The maximum absolute atomic E-state index is 14.4. The molecule has 0 radical (unpaired) electrons. The van der Waals surface area contributed by atoms with E-state index in [9.17, 15) is 53.6 Å². The minimum absolute atomic E-state index is 0.0646. The number of aromatic nitrogens is 6. The van der Waals surface area contributed by atoms with Crippen LogP contribution in [-0.2, 0) is 58.9 Å². The summed E-state index contributed by atoms with van der Waals surface area (Å²) in [5.74, 6) is -0.441. The van der Waals surface area contributed by atoms with Crippen LogP contribution < -0.4 is 34.1 Å². The van der Waals surface area contributed by atoms with Crippen molar-refractivity contribution in [2.75, 3.05) is 0 Å². The molecule has 0 aliphatic heterocycles. The maximum atomic E-state index is 14.4. The number of hydrogen-bond acceptors (Lipinski definition) is 15. The smallest absolute Gasteiger partial charge is 0.339 e. The van der Waals surface area contributed by atoms with Gasteiger partial charge in [0.25, 0.3) is 0 Å². The Labute approximate surface area is 396 Å². The summed E-state index contributed by atoms with van der Waals surface area (Å²) < 4.78 is 4.89. The van der Waals surface area contributed by atoms with Crippen LogP contribution in [0.15, 0.2) is 43.7 Å². The van der Waals surface area contributed by atoms with E-state index in [1.165, 1.54) is 13.7 Å². The maximum Gasteiger partial charge on any atom is 0.339 e. The summed E-state index contributed by atoms with van der Waals surface area (Å²) in [6.07, 6.45) is 8.73. The lowest BCUT2D eigenvalue weighted by molar-refractivity contribution is -0.0282. The molecular weight excluding hydrogens is 901 g/mol. The van der Waals surface area contributed by atoms with Crippen molar-refractivity contribution in [1.82, 2.24) is 27.4 Å². The van der Waals surface area contributed by atoms with Crippen molar-refractivity contribution in [3.63, 3.8) is 0 Å². The van der Waals surface area contributed by atoms with Crippen LogP contribution in [0.2, 0.25) is 0 Å². The van der Waals surface area contributed by atoms with Crippen molar-refractivity contribution in [1.29, 1.82) is 0 Å². The van der Waals surface area contributed by atoms with Crippen LogP contribution in [0.5, 0.6) is 0 Å². The first kappa shape index (κ1) is 54.4. The number of nitrogens with zero attached hydrogens (tertiary/aromatic N) is 12. The van der Waals surface area contributed by atoms with Gasteiger partial charge in [0.2, 0.25) is 18.2 Å². The van der Waals surface area contributed by atoms with Gasteiger partial charge in [-0.1, -0.05) is 62.3 Å². The summed E-state index contributed by atoms with van der Waals surface area (Å²) in [5, 5.41) is 31.4. The standard InChI is InChI=1S/C36H54N6O6.C9H6N6O6/c1-31(2)11-25(17-38-46)13-34(7,19-31)22-40-28(43)41(23-35(8)14-26(18-39-47)12-32(3,4)20-35)30(45)42(29(40)44)24-36(9)16-27(48-37-10)15-33(5,6)21-36;16-4-10-1-13-7(19)14(2-11-5-17)9(21)15(8(13)20)3-12-6-18/h25-27H,11-16,19-24H2,1-9H3;1-3H2. The number of isocyanates is 3. The van der Waals surface area contributed by atoms with E-state index in [0.717, 1.165) is 18.2 Å². The van der Waals surface area contributed by atoms with Crippen LogP contribution in [0, 0.1) is 73.5 Å². The van der Waals surface area contributed by atoms with Crippen LogP contribution in [0.3, 0.4) is 0 Å². The Morgan fingerprint density at radius 3 is 1.09 bits per heavy atom. The van der Waals surface area contributed by atoms with Crippen molar-refractivity contribution in [3.05, 3.63) is 94.9 Å².